The zero-order valence-electron chi connectivity index (χ0n) is 13.5. The SMILES string of the molecule is CCCCCCCN1CCSC1=Nc1ccc(N=O)cc1C. The summed E-state index contributed by atoms with van der Waals surface area (Å²) in [5, 5.41) is 4.09. The summed E-state index contributed by atoms with van der Waals surface area (Å²) in [6.45, 7) is 6.41. The van der Waals surface area contributed by atoms with Crippen LogP contribution in [0.4, 0.5) is 11.4 Å². The van der Waals surface area contributed by atoms with Gasteiger partial charge in [0.1, 0.15) is 5.69 Å². The molecule has 0 saturated carbocycles. The lowest BCUT2D eigenvalue weighted by molar-refractivity contribution is 0.436. The van der Waals surface area contributed by atoms with Crippen LogP contribution < -0.4 is 0 Å². The van der Waals surface area contributed by atoms with E-state index in [1.54, 1.807) is 12.1 Å². The van der Waals surface area contributed by atoms with Crippen LogP contribution in [-0.2, 0) is 0 Å². The number of hydrogen-bond acceptors (Lipinski definition) is 4. The largest absolute Gasteiger partial charge is 0.350 e. The van der Waals surface area contributed by atoms with E-state index in [-0.39, 0.29) is 0 Å². The van der Waals surface area contributed by atoms with Gasteiger partial charge in [0.25, 0.3) is 0 Å². The van der Waals surface area contributed by atoms with Gasteiger partial charge in [-0.25, -0.2) is 4.99 Å². The Hall–Kier alpha value is -1.36. The molecule has 0 atom stereocenters. The molecule has 0 unspecified atom stereocenters. The molecule has 22 heavy (non-hydrogen) atoms. The number of nitrogens with zero attached hydrogens (tertiary/aromatic N) is 3. The highest BCUT2D eigenvalue weighted by Crippen LogP contribution is 2.28. The lowest BCUT2D eigenvalue weighted by atomic mass is 10.1. The summed E-state index contributed by atoms with van der Waals surface area (Å²) in [6.07, 6.45) is 6.51. The van der Waals surface area contributed by atoms with Crippen molar-refractivity contribution in [2.45, 2.75) is 46.0 Å². The van der Waals surface area contributed by atoms with Crippen molar-refractivity contribution in [3.63, 3.8) is 0 Å². The van der Waals surface area contributed by atoms with Crippen LogP contribution in [-0.4, -0.2) is 28.9 Å². The minimum absolute atomic E-state index is 0.466. The van der Waals surface area contributed by atoms with Gasteiger partial charge in [-0.15, -0.1) is 4.91 Å². The zero-order valence-corrected chi connectivity index (χ0v) is 14.4. The predicted molar refractivity (Wildman–Crippen MR) is 96.5 cm³/mol. The number of unbranched alkanes of at least 4 members (excludes halogenated alkanes) is 4. The van der Waals surface area contributed by atoms with Crippen molar-refractivity contribution in [1.29, 1.82) is 0 Å². The molecule has 0 spiro atoms. The van der Waals surface area contributed by atoms with E-state index < -0.39 is 0 Å². The Morgan fingerprint density at radius 2 is 2.05 bits per heavy atom. The number of benzene rings is 1. The van der Waals surface area contributed by atoms with Crippen molar-refractivity contribution >= 4 is 28.3 Å². The van der Waals surface area contributed by atoms with Gasteiger partial charge < -0.3 is 4.90 Å². The molecule has 1 saturated heterocycles. The average Bonchev–Trinajstić information content (AvgIpc) is 2.96. The van der Waals surface area contributed by atoms with Crippen LogP contribution in [0.3, 0.4) is 0 Å². The molecular formula is C17H25N3OS. The van der Waals surface area contributed by atoms with Crippen molar-refractivity contribution in [1.82, 2.24) is 4.90 Å². The lowest BCUT2D eigenvalue weighted by Gasteiger charge is -2.18. The van der Waals surface area contributed by atoms with Crippen LogP contribution in [0.2, 0.25) is 0 Å². The molecule has 1 aromatic carbocycles. The van der Waals surface area contributed by atoms with E-state index in [1.165, 1.54) is 32.1 Å². The number of nitroso groups, excluding NO2 is 1. The number of thioether (sulfide) groups is 1. The number of amidine groups is 1. The third-order valence-electron chi connectivity index (χ3n) is 3.90. The molecule has 0 radical (unpaired) electrons. The highest BCUT2D eigenvalue weighted by Gasteiger charge is 2.19. The molecule has 1 heterocycles. The van der Waals surface area contributed by atoms with Crippen molar-refractivity contribution < 1.29 is 0 Å². The van der Waals surface area contributed by atoms with E-state index in [1.807, 2.05) is 24.8 Å². The van der Waals surface area contributed by atoms with Crippen molar-refractivity contribution in [3.05, 3.63) is 28.7 Å². The van der Waals surface area contributed by atoms with Gasteiger partial charge in [0.15, 0.2) is 5.17 Å². The second-order valence-electron chi connectivity index (χ2n) is 5.71. The summed E-state index contributed by atoms with van der Waals surface area (Å²) in [7, 11) is 0. The maximum Gasteiger partial charge on any atom is 0.164 e. The van der Waals surface area contributed by atoms with Crippen LogP contribution in [0.25, 0.3) is 0 Å². The van der Waals surface area contributed by atoms with Gasteiger partial charge in [-0.05, 0) is 42.3 Å². The minimum atomic E-state index is 0.466. The highest BCUT2D eigenvalue weighted by atomic mass is 32.2. The van der Waals surface area contributed by atoms with Gasteiger partial charge in [0, 0.05) is 18.8 Å². The van der Waals surface area contributed by atoms with E-state index in [0.29, 0.717) is 5.69 Å². The number of aryl methyl sites for hydroxylation is 1. The van der Waals surface area contributed by atoms with Gasteiger partial charge in [-0.3, -0.25) is 0 Å². The van der Waals surface area contributed by atoms with Crippen LogP contribution in [0, 0.1) is 11.8 Å². The molecule has 4 nitrogen and oxygen atoms in total. The Labute approximate surface area is 137 Å². The molecule has 5 heteroatoms. The van der Waals surface area contributed by atoms with Crippen molar-refractivity contribution in [2.75, 3.05) is 18.8 Å². The topological polar surface area (TPSA) is 45.0 Å². The molecule has 1 fully saturated rings. The fourth-order valence-electron chi connectivity index (χ4n) is 2.58. The Morgan fingerprint density at radius 3 is 2.77 bits per heavy atom. The molecule has 120 valence electrons. The molecule has 0 bridgehead atoms. The first-order valence-corrected chi connectivity index (χ1v) is 9.13. The third-order valence-corrected chi connectivity index (χ3v) is 4.89. The van der Waals surface area contributed by atoms with Crippen LogP contribution in [0.5, 0.6) is 0 Å². The normalized spacial score (nSPS) is 16.5. The van der Waals surface area contributed by atoms with E-state index in [9.17, 15) is 4.91 Å². The maximum atomic E-state index is 10.6. The first kappa shape index (κ1) is 17.0. The number of hydrogen-bond donors (Lipinski definition) is 0. The third kappa shape index (κ3) is 4.83. The second-order valence-corrected chi connectivity index (χ2v) is 6.77. The molecule has 0 aromatic heterocycles. The number of rotatable bonds is 8. The summed E-state index contributed by atoms with van der Waals surface area (Å²) in [5.74, 6) is 1.11. The van der Waals surface area contributed by atoms with Gasteiger partial charge in [0.05, 0.1) is 5.69 Å². The minimum Gasteiger partial charge on any atom is -0.350 e. The molecule has 1 aliphatic heterocycles. The average molecular weight is 319 g/mol. The van der Waals surface area contributed by atoms with Gasteiger partial charge in [0.2, 0.25) is 0 Å². The van der Waals surface area contributed by atoms with Crippen molar-refractivity contribution in [2.24, 2.45) is 10.2 Å². The smallest absolute Gasteiger partial charge is 0.164 e. The predicted octanol–water partition coefficient (Wildman–Crippen LogP) is 5.40. The van der Waals surface area contributed by atoms with Crippen molar-refractivity contribution in [3.8, 4) is 0 Å². The Morgan fingerprint density at radius 1 is 1.23 bits per heavy atom. The molecule has 0 amide bonds. The first-order chi connectivity index (χ1) is 10.7. The van der Waals surface area contributed by atoms with E-state index in [0.717, 1.165) is 35.3 Å². The maximum absolute atomic E-state index is 10.6. The quantitative estimate of drug-likeness (QED) is 0.476. The van der Waals surface area contributed by atoms with E-state index >= 15 is 0 Å². The first-order valence-electron chi connectivity index (χ1n) is 8.15. The Balaban J connectivity index is 1.96. The van der Waals surface area contributed by atoms with Crippen LogP contribution in [0.1, 0.15) is 44.6 Å². The second kappa shape index (κ2) is 8.93. The zero-order chi connectivity index (χ0) is 15.8. The van der Waals surface area contributed by atoms with Crippen LogP contribution in [0.15, 0.2) is 28.4 Å². The summed E-state index contributed by atoms with van der Waals surface area (Å²) < 4.78 is 0. The lowest BCUT2D eigenvalue weighted by Crippen LogP contribution is -2.25. The summed E-state index contributed by atoms with van der Waals surface area (Å²) in [6, 6.07) is 5.41. The Kier molecular flexibility index (Phi) is 6.90. The summed E-state index contributed by atoms with van der Waals surface area (Å²) >= 11 is 1.82. The standard InChI is InChI=1S/C17H25N3OS/c1-3-4-5-6-7-10-20-11-12-22-17(20)18-16-9-8-15(19-21)13-14(16)2/h8-9,13H,3-7,10-12H2,1-2H3. The fraction of sp³-hybridized carbons (Fsp3) is 0.588. The fourth-order valence-corrected chi connectivity index (χ4v) is 3.60. The number of aliphatic imine (C=N–C) groups is 1. The van der Waals surface area contributed by atoms with Gasteiger partial charge >= 0.3 is 0 Å². The Bertz CT molecular complexity index is 531. The highest BCUT2D eigenvalue weighted by molar-refractivity contribution is 8.14. The van der Waals surface area contributed by atoms with Crippen LogP contribution >= 0.6 is 11.8 Å². The molecule has 1 aliphatic rings. The van der Waals surface area contributed by atoms with Gasteiger partial charge in [-0.2, -0.15) is 0 Å². The summed E-state index contributed by atoms with van der Waals surface area (Å²) in [4.78, 5) is 17.7. The monoisotopic (exact) mass is 319 g/mol. The molecule has 0 N–H and O–H groups in total. The van der Waals surface area contributed by atoms with E-state index in [4.69, 9.17) is 4.99 Å². The van der Waals surface area contributed by atoms with E-state index in [2.05, 4.69) is 17.0 Å². The molecular weight excluding hydrogens is 294 g/mol. The van der Waals surface area contributed by atoms with Gasteiger partial charge in [-0.1, -0.05) is 44.4 Å². The summed E-state index contributed by atoms with van der Waals surface area (Å²) in [5.41, 5.74) is 2.40. The molecule has 0 aliphatic carbocycles. The molecule has 2 rings (SSSR count). The molecule has 1 aromatic rings.